The molecule has 0 spiro atoms. The van der Waals surface area contributed by atoms with Crippen LogP contribution in [0.1, 0.15) is 65.7 Å². The topological polar surface area (TPSA) is 9.23 Å². The van der Waals surface area contributed by atoms with E-state index in [2.05, 4.69) is 73.5 Å². The highest BCUT2D eigenvalue weighted by Crippen LogP contribution is 2.60. The van der Waals surface area contributed by atoms with Crippen LogP contribution in [0.15, 0.2) is 22.7 Å². The first kappa shape index (κ1) is 20.9. The van der Waals surface area contributed by atoms with Gasteiger partial charge >= 0.3 is 0 Å². The predicted molar refractivity (Wildman–Crippen MR) is 119 cm³/mol. The Bertz CT molecular complexity index is 577. The fraction of sp³-hybridized carbons (Fsp3) is 0.826. The van der Waals surface area contributed by atoms with Crippen molar-refractivity contribution in [2.45, 2.75) is 91.0 Å². The van der Waals surface area contributed by atoms with Crippen LogP contribution in [0.5, 0.6) is 0 Å². The quantitative estimate of drug-likeness (QED) is 0.315. The molecule has 2 fully saturated rings. The van der Waals surface area contributed by atoms with Crippen LogP contribution in [-0.2, 0) is 4.43 Å². The largest absolute Gasteiger partial charge is 0.409 e. The minimum atomic E-state index is -1.50. The molecule has 2 saturated carbocycles. The van der Waals surface area contributed by atoms with E-state index in [0.29, 0.717) is 11.3 Å². The van der Waals surface area contributed by atoms with Gasteiger partial charge in [-0.1, -0.05) is 47.5 Å². The first-order valence-corrected chi connectivity index (χ1v) is 15.1. The molecule has 3 rings (SSSR count). The highest BCUT2D eigenvalue weighted by atomic mass is 79.9. The molecule has 3 heteroatoms. The fourth-order valence-electron chi connectivity index (χ4n) is 6.72. The standard InChI is InChI=1S/C23H39BrOSi/c1-17(14-18-11-13-22(2,15-18)25-26(4,5)6)20-9-10-21-19(16-24)8-7-12-23(20,21)3/h11,13,16-18,20-21H,7-10,12,14-15H2,1-6H3/t17-,18-,20-,21?,22-,23+/m1/s1. The van der Waals surface area contributed by atoms with Gasteiger partial charge in [0.1, 0.15) is 0 Å². The van der Waals surface area contributed by atoms with Crippen LogP contribution < -0.4 is 0 Å². The molecule has 0 heterocycles. The minimum absolute atomic E-state index is 0.0202. The second-order valence-corrected chi connectivity index (χ2v) is 15.7. The summed E-state index contributed by atoms with van der Waals surface area (Å²) < 4.78 is 6.50. The van der Waals surface area contributed by atoms with Gasteiger partial charge < -0.3 is 4.43 Å². The Morgan fingerprint density at radius 1 is 1.31 bits per heavy atom. The smallest absolute Gasteiger partial charge is 0.184 e. The molecule has 1 unspecified atom stereocenters. The van der Waals surface area contributed by atoms with Gasteiger partial charge in [0.05, 0.1) is 5.60 Å². The number of hydrogen-bond donors (Lipinski definition) is 0. The average Bonchev–Trinajstić information content (AvgIpc) is 3.04. The first-order valence-electron chi connectivity index (χ1n) is 10.7. The van der Waals surface area contributed by atoms with Gasteiger partial charge in [-0.2, -0.15) is 0 Å². The Labute approximate surface area is 171 Å². The third-order valence-corrected chi connectivity index (χ3v) is 9.13. The molecule has 0 amide bonds. The summed E-state index contributed by atoms with van der Waals surface area (Å²) in [5, 5.41) is 0. The maximum atomic E-state index is 6.50. The molecule has 26 heavy (non-hydrogen) atoms. The van der Waals surface area contributed by atoms with E-state index in [0.717, 1.165) is 17.8 Å². The van der Waals surface area contributed by atoms with E-state index in [1.807, 2.05) is 0 Å². The number of allylic oxidation sites excluding steroid dienone is 2. The van der Waals surface area contributed by atoms with Gasteiger partial charge in [0, 0.05) is 0 Å². The van der Waals surface area contributed by atoms with E-state index in [-0.39, 0.29) is 5.60 Å². The first-order chi connectivity index (χ1) is 12.1. The third-order valence-electron chi connectivity index (χ3n) is 7.47. The molecule has 6 atom stereocenters. The lowest BCUT2D eigenvalue weighted by molar-refractivity contribution is 0.0811. The number of fused-ring (bicyclic) bond motifs is 1. The zero-order valence-corrected chi connectivity index (χ0v) is 20.4. The SMILES string of the molecule is C[C@H](C[C@H]1C=C[C@@](C)(O[Si](C)(C)C)C1)[C@H]1CCC2C(=CBr)CCC[C@]21C. The van der Waals surface area contributed by atoms with Crippen LogP contribution >= 0.6 is 15.9 Å². The fourth-order valence-corrected chi connectivity index (χ4v) is 8.82. The van der Waals surface area contributed by atoms with Crippen LogP contribution in [0, 0.1) is 29.1 Å². The summed E-state index contributed by atoms with van der Waals surface area (Å²) >= 11 is 3.65. The van der Waals surface area contributed by atoms with Crippen LogP contribution in [-0.4, -0.2) is 13.9 Å². The molecule has 3 aliphatic carbocycles. The van der Waals surface area contributed by atoms with Gasteiger partial charge in [-0.3, -0.25) is 0 Å². The molecule has 0 radical (unpaired) electrons. The molecule has 1 nitrogen and oxygen atoms in total. The van der Waals surface area contributed by atoms with Crippen molar-refractivity contribution in [2.75, 3.05) is 0 Å². The van der Waals surface area contributed by atoms with Gasteiger partial charge in [-0.15, -0.1) is 0 Å². The maximum Gasteiger partial charge on any atom is 0.184 e. The Hall–Kier alpha value is 0.137. The zero-order valence-electron chi connectivity index (χ0n) is 17.8. The number of hydrogen-bond acceptors (Lipinski definition) is 1. The minimum Gasteiger partial charge on any atom is -0.409 e. The number of halogens is 1. The average molecular weight is 440 g/mol. The lowest BCUT2D eigenvalue weighted by atomic mass is 9.61. The van der Waals surface area contributed by atoms with Crippen molar-refractivity contribution in [1.82, 2.24) is 0 Å². The second kappa shape index (κ2) is 7.52. The van der Waals surface area contributed by atoms with Gasteiger partial charge in [0.15, 0.2) is 8.32 Å². The Morgan fingerprint density at radius 2 is 2.04 bits per heavy atom. The molecule has 148 valence electrons. The summed E-state index contributed by atoms with van der Waals surface area (Å²) in [5.41, 5.74) is 2.19. The zero-order chi connectivity index (χ0) is 19.2. The normalized spacial score (nSPS) is 43.0. The summed E-state index contributed by atoms with van der Waals surface area (Å²) in [4.78, 5) is 2.25. The highest BCUT2D eigenvalue weighted by molar-refractivity contribution is 9.11. The van der Waals surface area contributed by atoms with Crippen molar-refractivity contribution in [1.29, 1.82) is 0 Å². The summed E-state index contributed by atoms with van der Waals surface area (Å²) in [6, 6.07) is 0. The summed E-state index contributed by atoms with van der Waals surface area (Å²) in [7, 11) is -1.50. The van der Waals surface area contributed by atoms with E-state index in [9.17, 15) is 0 Å². The Kier molecular flexibility index (Phi) is 6.03. The summed E-state index contributed by atoms with van der Waals surface area (Å²) in [6.45, 7) is 14.4. The molecule has 0 saturated heterocycles. The third kappa shape index (κ3) is 4.25. The van der Waals surface area contributed by atoms with Crippen molar-refractivity contribution in [3.8, 4) is 0 Å². The predicted octanol–water partition coefficient (Wildman–Crippen LogP) is 7.69. The van der Waals surface area contributed by atoms with E-state index < -0.39 is 8.32 Å². The maximum absolute atomic E-state index is 6.50. The van der Waals surface area contributed by atoms with E-state index in [4.69, 9.17) is 4.43 Å². The van der Waals surface area contributed by atoms with E-state index >= 15 is 0 Å². The van der Waals surface area contributed by atoms with Crippen LogP contribution in [0.3, 0.4) is 0 Å². The summed E-state index contributed by atoms with van der Waals surface area (Å²) in [6.07, 6.45) is 14.3. The van der Waals surface area contributed by atoms with Gasteiger partial charge in [-0.05, 0) is 106 Å². The molecule has 0 aliphatic heterocycles. The van der Waals surface area contributed by atoms with E-state index in [1.54, 1.807) is 5.57 Å². The number of rotatable bonds is 5. The van der Waals surface area contributed by atoms with Crippen molar-refractivity contribution in [3.63, 3.8) is 0 Å². The van der Waals surface area contributed by atoms with Crippen molar-refractivity contribution < 1.29 is 4.43 Å². The lowest BCUT2D eigenvalue weighted by Gasteiger charge is -2.44. The second-order valence-electron chi connectivity index (χ2n) is 10.8. The highest BCUT2D eigenvalue weighted by Gasteiger charge is 2.51. The molecule has 0 aromatic carbocycles. The van der Waals surface area contributed by atoms with Crippen molar-refractivity contribution >= 4 is 24.2 Å². The van der Waals surface area contributed by atoms with Gasteiger partial charge in [0.25, 0.3) is 0 Å². The summed E-state index contributed by atoms with van der Waals surface area (Å²) in [5.74, 6) is 3.21. The van der Waals surface area contributed by atoms with Crippen LogP contribution in [0.2, 0.25) is 19.6 Å². The Balaban J connectivity index is 1.63. The molecular formula is C23H39BrOSi. The van der Waals surface area contributed by atoms with Crippen molar-refractivity contribution in [3.05, 3.63) is 22.7 Å². The monoisotopic (exact) mass is 438 g/mol. The molecule has 0 bridgehead atoms. The van der Waals surface area contributed by atoms with Crippen molar-refractivity contribution in [2.24, 2.45) is 29.1 Å². The molecule has 3 aliphatic rings. The molecule has 0 aromatic heterocycles. The lowest BCUT2D eigenvalue weighted by Crippen LogP contribution is -2.39. The molecule has 0 N–H and O–H groups in total. The van der Waals surface area contributed by atoms with Gasteiger partial charge in [0.2, 0.25) is 0 Å². The van der Waals surface area contributed by atoms with Crippen LogP contribution in [0.4, 0.5) is 0 Å². The van der Waals surface area contributed by atoms with E-state index in [1.165, 1.54) is 44.9 Å². The Morgan fingerprint density at radius 3 is 2.69 bits per heavy atom. The molecule has 0 aromatic rings. The van der Waals surface area contributed by atoms with Gasteiger partial charge in [-0.25, -0.2) is 0 Å². The molecular weight excluding hydrogens is 400 g/mol. The van der Waals surface area contributed by atoms with Crippen LogP contribution in [0.25, 0.3) is 0 Å².